The van der Waals surface area contributed by atoms with Gasteiger partial charge >= 0.3 is 0 Å². The summed E-state index contributed by atoms with van der Waals surface area (Å²) in [5.41, 5.74) is 2.32. The molecular formula is C16H20N4S. The summed E-state index contributed by atoms with van der Waals surface area (Å²) in [6.07, 6.45) is 4.76. The lowest BCUT2D eigenvalue weighted by Gasteiger charge is -2.16. The first kappa shape index (κ1) is 14.2. The van der Waals surface area contributed by atoms with Gasteiger partial charge in [0.15, 0.2) is 0 Å². The van der Waals surface area contributed by atoms with Crippen LogP contribution in [0.4, 0.5) is 0 Å². The summed E-state index contributed by atoms with van der Waals surface area (Å²) in [5, 5.41) is 4.52. The van der Waals surface area contributed by atoms with E-state index in [1.165, 1.54) is 10.4 Å². The van der Waals surface area contributed by atoms with E-state index < -0.39 is 0 Å². The molecule has 2 aromatic heterocycles. The topological polar surface area (TPSA) is 42.7 Å². The van der Waals surface area contributed by atoms with Gasteiger partial charge in [-0.05, 0) is 33.0 Å². The lowest BCUT2D eigenvalue weighted by atomic mass is 10.1. The highest BCUT2D eigenvalue weighted by atomic mass is 32.1. The molecule has 5 heteroatoms. The van der Waals surface area contributed by atoms with Crippen molar-refractivity contribution in [1.29, 1.82) is 0 Å². The van der Waals surface area contributed by atoms with Crippen molar-refractivity contribution in [1.82, 2.24) is 19.9 Å². The van der Waals surface area contributed by atoms with E-state index in [-0.39, 0.29) is 6.04 Å². The van der Waals surface area contributed by atoms with Crippen LogP contribution in [0, 0.1) is 0 Å². The van der Waals surface area contributed by atoms with Crippen molar-refractivity contribution in [2.75, 3.05) is 7.05 Å². The molecule has 0 amide bonds. The number of thiazole rings is 1. The van der Waals surface area contributed by atoms with Crippen LogP contribution in [0.2, 0.25) is 0 Å². The molecule has 0 spiro atoms. The monoisotopic (exact) mass is 300 g/mol. The van der Waals surface area contributed by atoms with Crippen molar-refractivity contribution in [3.63, 3.8) is 0 Å². The van der Waals surface area contributed by atoms with Gasteiger partial charge in [0.05, 0.1) is 22.6 Å². The molecule has 3 rings (SSSR count). The third-order valence-electron chi connectivity index (χ3n) is 3.67. The summed E-state index contributed by atoms with van der Waals surface area (Å²) in [6.45, 7) is 4.36. The number of aromatic nitrogens is 3. The van der Waals surface area contributed by atoms with Crippen LogP contribution in [0.5, 0.6) is 0 Å². The van der Waals surface area contributed by atoms with E-state index in [1.807, 2.05) is 25.6 Å². The van der Waals surface area contributed by atoms with Gasteiger partial charge in [0, 0.05) is 24.4 Å². The Bertz CT molecular complexity index is 696. The highest BCUT2D eigenvalue weighted by molar-refractivity contribution is 7.18. The van der Waals surface area contributed by atoms with Crippen LogP contribution < -0.4 is 5.32 Å². The lowest BCUT2D eigenvalue weighted by molar-refractivity contribution is 0.525. The third-order valence-corrected chi connectivity index (χ3v) is 4.82. The van der Waals surface area contributed by atoms with Crippen LogP contribution in [0.3, 0.4) is 0 Å². The van der Waals surface area contributed by atoms with E-state index in [0.29, 0.717) is 6.04 Å². The quantitative estimate of drug-likeness (QED) is 0.783. The molecule has 0 saturated carbocycles. The maximum atomic E-state index is 4.77. The molecule has 110 valence electrons. The Morgan fingerprint density at radius 2 is 2.10 bits per heavy atom. The second kappa shape index (κ2) is 5.95. The van der Waals surface area contributed by atoms with E-state index in [9.17, 15) is 0 Å². The fourth-order valence-corrected chi connectivity index (χ4v) is 3.59. The average molecular weight is 300 g/mol. The Morgan fingerprint density at radius 1 is 1.29 bits per heavy atom. The molecule has 1 unspecified atom stereocenters. The minimum Gasteiger partial charge on any atom is -0.332 e. The number of nitrogens with one attached hydrogen (secondary N) is 1. The number of rotatable bonds is 5. The van der Waals surface area contributed by atoms with E-state index >= 15 is 0 Å². The molecule has 1 atom stereocenters. The smallest absolute Gasteiger partial charge is 0.111 e. The fraction of sp³-hybridized carbons (Fsp3) is 0.375. The minimum atomic E-state index is 0.219. The number of hydrogen-bond acceptors (Lipinski definition) is 4. The van der Waals surface area contributed by atoms with Gasteiger partial charge < -0.3 is 9.88 Å². The Balaban J connectivity index is 1.89. The molecular weight excluding hydrogens is 280 g/mol. The van der Waals surface area contributed by atoms with Gasteiger partial charge in [-0.2, -0.15) is 0 Å². The SMILES string of the molecule is CNC(Cc1cncn1C(C)C)c1nc2ccccc2s1. The zero-order valence-corrected chi connectivity index (χ0v) is 13.4. The first-order chi connectivity index (χ1) is 10.2. The maximum Gasteiger partial charge on any atom is 0.111 e. The van der Waals surface area contributed by atoms with Gasteiger partial charge in [0.2, 0.25) is 0 Å². The van der Waals surface area contributed by atoms with E-state index in [2.05, 4.69) is 46.9 Å². The predicted octanol–water partition coefficient (Wildman–Crippen LogP) is 3.58. The first-order valence-electron chi connectivity index (χ1n) is 7.22. The largest absolute Gasteiger partial charge is 0.332 e. The molecule has 0 aliphatic rings. The predicted molar refractivity (Wildman–Crippen MR) is 87.7 cm³/mol. The number of para-hydroxylation sites is 1. The molecule has 0 radical (unpaired) electrons. The van der Waals surface area contributed by atoms with Gasteiger partial charge in [-0.3, -0.25) is 0 Å². The van der Waals surface area contributed by atoms with Crippen LogP contribution >= 0.6 is 11.3 Å². The maximum absolute atomic E-state index is 4.77. The molecule has 4 nitrogen and oxygen atoms in total. The number of benzene rings is 1. The van der Waals surface area contributed by atoms with E-state index in [0.717, 1.165) is 16.9 Å². The van der Waals surface area contributed by atoms with E-state index in [4.69, 9.17) is 4.98 Å². The van der Waals surface area contributed by atoms with Gasteiger partial charge in [-0.15, -0.1) is 11.3 Å². The first-order valence-corrected chi connectivity index (χ1v) is 8.04. The summed E-state index contributed by atoms with van der Waals surface area (Å²) in [6, 6.07) is 8.94. The molecule has 0 saturated heterocycles. The molecule has 2 heterocycles. The second-order valence-electron chi connectivity index (χ2n) is 5.45. The summed E-state index contributed by atoms with van der Waals surface area (Å²) in [4.78, 5) is 9.05. The highest BCUT2D eigenvalue weighted by Crippen LogP contribution is 2.28. The molecule has 3 aromatic rings. The second-order valence-corrected chi connectivity index (χ2v) is 6.51. The Labute approximate surface area is 128 Å². The fourth-order valence-electron chi connectivity index (χ4n) is 2.52. The third kappa shape index (κ3) is 2.84. The molecule has 0 bridgehead atoms. The number of fused-ring (bicyclic) bond motifs is 1. The summed E-state index contributed by atoms with van der Waals surface area (Å²) < 4.78 is 3.46. The number of likely N-dealkylation sites (N-methyl/N-ethyl adjacent to an activating group) is 1. The van der Waals surface area contributed by atoms with Crippen LogP contribution in [0.25, 0.3) is 10.2 Å². The number of imidazole rings is 1. The minimum absolute atomic E-state index is 0.219. The summed E-state index contributed by atoms with van der Waals surface area (Å²) >= 11 is 1.76. The summed E-state index contributed by atoms with van der Waals surface area (Å²) in [5.74, 6) is 0. The van der Waals surface area contributed by atoms with Crippen LogP contribution in [0.1, 0.15) is 36.6 Å². The Kier molecular flexibility index (Phi) is 4.03. The Hall–Kier alpha value is -1.72. The van der Waals surface area contributed by atoms with Gasteiger partial charge in [-0.25, -0.2) is 9.97 Å². The zero-order valence-electron chi connectivity index (χ0n) is 12.6. The van der Waals surface area contributed by atoms with Gasteiger partial charge in [0.1, 0.15) is 5.01 Å². The Morgan fingerprint density at radius 3 is 2.81 bits per heavy atom. The standard InChI is InChI=1S/C16H20N4S/c1-11(2)20-10-18-9-12(20)8-14(17-3)16-19-13-6-4-5-7-15(13)21-16/h4-7,9-11,14,17H,8H2,1-3H3. The highest BCUT2D eigenvalue weighted by Gasteiger charge is 2.17. The normalized spacial score (nSPS) is 13.1. The van der Waals surface area contributed by atoms with Crippen molar-refractivity contribution in [2.24, 2.45) is 0 Å². The van der Waals surface area contributed by atoms with Crippen molar-refractivity contribution in [2.45, 2.75) is 32.4 Å². The van der Waals surface area contributed by atoms with Crippen molar-refractivity contribution >= 4 is 21.6 Å². The molecule has 0 aliphatic carbocycles. The van der Waals surface area contributed by atoms with Crippen LogP contribution in [-0.2, 0) is 6.42 Å². The average Bonchev–Trinajstić information content (AvgIpc) is 3.10. The zero-order chi connectivity index (χ0) is 14.8. The van der Waals surface area contributed by atoms with Crippen molar-refractivity contribution < 1.29 is 0 Å². The molecule has 1 N–H and O–H groups in total. The van der Waals surface area contributed by atoms with Crippen molar-refractivity contribution in [3.05, 3.63) is 47.5 Å². The van der Waals surface area contributed by atoms with Crippen molar-refractivity contribution in [3.8, 4) is 0 Å². The molecule has 21 heavy (non-hydrogen) atoms. The number of hydrogen-bond donors (Lipinski definition) is 1. The molecule has 1 aromatic carbocycles. The van der Waals surface area contributed by atoms with Gasteiger partial charge in [0.25, 0.3) is 0 Å². The summed E-state index contributed by atoms with van der Waals surface area (Å²) in [7, 11) is 1.99. The number of nitrogens with zero attached hydrogens (tertiary/aromatic N) is 3. The lowest BCUT2D eigenvalue weighted by Crippen LogP contribution is -2.20. The van der Waals surface area contributed by atoms with Gasteiger partial charge in [-0.1, -0.05) is 12.1 Å². The molecule has 0 aliphatic heterocycles. The molecule has 0 fully saturated rings. The van der Waals surface area contributed by atoms with Crippen LogP contribution in [0.15, 0.2) is 36.8 Å². The van der Waals surface area contributed by atoms with Crippen LogP contribution in [-0.4, -0.2) is 21.6 Å². The van der Waals surface area contributed by atoms with E-state index in [1.54, 1.807) is 11.3 Å².